The molecule has 0 spiro atoms. The number of hydrogen-bond donors (Lipinski definition) is 0. The minimum absolute atomic E-state index is 0.117. The van der Waals surface area contributed by atoms with Crippen LogP contribution in [0.3, 0.4) is 0 Å². The number of rotatable bonds is 4. The zero-order valence-electron chi connectivity index (χ0n) is 13.6. The van der Waals surface area contributed by atoms with Gasteiger partial charge in [0.05, 0.1) is 15.1 Å². The van der Waals surface area contributed by atoms with Gasteiger partial charge in [-0.15, -0.1) is 0 Å². The van der Waals surface area contributed by atoms with E-state index in [0.29, 0.717) is 16.4 Å². The molecule has 26 heavy (non-hydrogen) atoms. The van der Waals surface area contributed by atoms with Crippen molar-refractivity contribution in [2.24, 2.45) is 4.99 Å². The van der Waals surface area contributed by atoms with Crippen molar-refractivity contribution in [2.75, 3.05) is 5.75 Å². The first-order valence-electron chi connectivity index (χ1n) is 7.65. The number of nitrogens with zero attached hydrogens (tertiary/aromatic N) is 2. The average molecular weight is 413 g/mol. The van der Waals surface area contributed by atoms with E-state index in [9.17, 15) is 17.6 Å². The zero-order valence-corrected chi connectivity index (χ0v) is 16.0. The smallest absolute Gasteiger partial charge is 0.263 e. The Morgan fingerprint density at radius 2 is 1.92 bits per heavy atom. The number of hydrogen-bond acceptors (Lipinski definition) is 4. The van der Waals surface area contributed by atoms with Gasteiger partial charge in [-0.25, -0.2) is 12.8 Å². The summed E-state index contributed by atoms with van der Waals surface area (Å²) in [6, 6.07) is 9.68. The Balaban J connectivity index is 1.96. The van der Waals surface area contributed by atoms with E-state index in [1.807, 2.05) is 17.6 Å². The summed E-state index contributed by atoms with van der Waals surface area (Å²) in [7, 11) is -3.89. The number of carbonyl (C=O) groups excluding carboxylic acids is 1. The molecule has 1 heterocycles. The number of benzene rings is 2. The highest BCUT2D eigenvalue weighted by Crippen LogP contribution is 2.22. The molecule has 0 saturated carbocycles. The quantitative estimate of drug-likeness (QED) is 0.616. The Bertz CT molecular complexity index is 1150. The molecule has 136 valence electrons. The fraction of sp³-hybridized carbons (Fsp3) is 0.176. The standard InChI is InChI=1S/C17H14ClFN2O3S2/c1-2-21-14-8-3-11(18)9-15(14)25-17(21)20-16(22)10-26(23,24)13-6-4-12(19)5-7-13/h3-9H,2,10H2,1H3. The highest BCUT2D eigenvalue weighted by atomic mass is 35.5. The fourth-order valence-corrected chi connectivity index (χ4v) is 4.96. The van der Waals surface area contributed by atoms with Crippen molar-refractivity contribution >= 4 is 48.9 Å². The Hall–Kier alpha value is -2.03. The summed E-state index contributed by atoms with van der Waals surface area (Å²) < 4.78 is 40.2. The van der Waals surface area contributed by atoms with Crippen molar-refractivity contribution in [2.45, 2.75) is 18.4 Å². The number of sulfone groups is 1. The maximum absolute atomic E-state index is 12.9. The molecule has 0 unspecified atom stereocenters. The van der Waals surface area contributed by atoms with Crippen LogP contribution in [-0.2, 0) is 21.2 Å². The monoisotopic (exact) mass is 412 g/mol. The Morgan fingerprint density at radius 1 is 1.23 bits per heavy atom. The van der Waals surface area contributed by atoms with Gasteiger partial charge in [-0.2, -0.15) is 4.99 Å². The molecule has 0 radical (unpaired) electrons. The summed E-state index contributed by atoms with van der Waals surface area (Å²) in [5.41, 5.74) is 0.870. The minimum atomic E-state index is -3.89. The van der Waals surface area contributed by atoms with E-state index in [0.717, 1.165) is 34.5 Å². The summed E-state index contributed by atoms with van der Waals surface area (Å²) in [6.07, 6.45) is 0. The van der Waals surface area contributed by atoms with Crippen molar-refractivity contribution in [3.8, 4) is 0 Å². The average Bonchev–Trinajstić information content (AvgIpc) is 2.90. The predicted molar refractivity (Wildman–Crippen MR) is 99.5 cm³/mol. The number of thiazole rings is 1. The van der Waals surface area contributed by atoms with Crippen LogP contribution >= 0.6 is 22.9 Å². The van der Waals surface area contributed by atoms with Crippen molar-refractivity contribution in [3.05, 3.63) is 58.1 Å². The Kier molecular flexibility index (Phi) is 5.27. The van der Waals surface area contributed by atoms with E-state index in [4.69, 9.17) is 11.6 Å². The van der Waals surface area contributed by atoms with Gasteiger partial charge < -0.3 is 4.57 Å². The van der Waals surface area contributed by atoms with Crippen molar-refractivity contribution in [1.82, 2.24) is 4.57 Å². The van der Waals surface area contributed by atoms with Gasteiger partial charge >= 0.3 is 0 Å². The molecule has 0 aliphatic carbocycles. The second kappa shape index (κ2) is 7.30. The molecule has 1 amide bonds. The van der Waals surface area contributed by atoms with Gasteiger partial charge in [0, 0.05) is 11.6 Å². The molecule has 0 aliphatic rings. The lowest BCUT2D eigenvalue weighted by atomic mass is 10.3. The first-order valence-corrected chi connectivity index (χ1v) is 10.5. The van der Waals surface area contributed by atoms with Gasteiger partial charge in [-0.3, -0.25) is 4.79 Å². The molecule has 0 bridgehead atoms. The second-order valence-corrected chi connectivity index (χ2v) is 8.89. The van der Waals surface area contributed by atoms with E-state index < -0.39 is 27.3 Å². The lowest BCUT2D eigenvalue weighted by molar-refractivity contribution is -0.115. The van der Waals surface area contributed by atoms with Crippen LogP contribution in [0.25, 0.3) is 10.2 Å². The normalized spacial score (nSPS) is 12.7. The van der Waals surface area contributed by atoms with Crippen LogP contribution in [0, 0.1) is 5.82 Å². The lowest BCUT2D eigenvalue weighted by Crippen LogP contribution is -2.20. The lowest BCUT2D eigenvalue weighted by Gasteiger charge is -2.02. The molecular weight excluding hydrogens is 399 g/mol. The predicted octanol–water partition coefficient (Wildman–Crippen LogP) is 3.42. The first kappa shape index (κ1) is 18.8. The molecule has 0 N–H and O–H groups in total. The van der Waals surface area contributed by atoms with Gasteiger partial charge in [0.2, 0.25) is 0 Å². The van der Waals surface area contributed by atoms with Crippen LogP contribution in [0.2, 0.25) is 5.02 Å². The van der Waals surface area contributed by atoms with Crippen LogP contribution in [0.15, 0.2) is 52.4 Å². The summed E-state index contributed by atoms with van der Waals surface area (Å²) in [5, 5.41) is 0.568. The van der Waals surface area contributed by atoms with Crippen molar-refractivity contribution in [3.63, 3.8) is 0 Å². The molecule has 0 saturated heterocycles. The first-order chi connectivity index (χ1) is 12.3. The van der Waals surface area contributed by atoms with E-state index in [1.165, 1.54) is 11.3 Å². The number of fused-ring (bicyclic) bond motifs is 1. The third-order valence-electron chi connectivity index (χ3n) is 3.67. The largest absolute Gasteiger partial charge is 0.317 e. The molecule has 1 aromatic heterocycles. The summed E-state index contributed by atoms with van der Waals surface area (Å²) >= 11 is 7.25. The Morgan fingerprint density at radius 3 is 2.58 bits per heavy atom. The summed E-state index contributed by atoms with van der Waals surface area (Å²) in [4.78, 5) is 16.5. The van der Waals surface area contributed by atoms with Crippen LogP contribution < -0.4 is 4.80 Å². The van der Waals surface area contributed by atoms with Crippen LogP contribution in [0.1, 0.15) is 6.92 Å². The van der Waals surface area contributed by atoms with Gasteiger partial charge in [0.15, 0.2) is 14.6 Å². The van der Waals surface area contributed by atoms with Crippen LogP contribution in [0.5, 0.6) is 0 Å². The van der Waals surface area contributed by atoms with Crippen molar-refractivity contribution < 1.29 is 17.6 Å². The van der Waals surface area contributed by atoms with Crippen molar-refractivity contribution in [1.29, 1.82) is 0 Å². The van der Waals surface area contributed by atoms with Gasteiger partial charge in [0.1, 0.15) is 11.6 Å². The highest BCUT2D eigenvalue weighted by molar-refractivity contribution is 7.92. The molecule has 0 aliphatic heterocycles. The number of aryl methyl sites for hydroxylation is 1. The number of aromatic nitrogens is 1. The molecule has 5 nitrogen and oxygen atoms in total. The maximum Gasteiger partial charge on any atom is 0.263 e. The molecule has 2 aromatic carbocycles. The summed E-state index contributed by atoms with van der Waals surface area (Å²) in [6.45, 7) is 2.47. The molecule has 0 atom stereocenters. The molecule has 0 fully saturated rings. The van der Waals surface area contributed by atoms with E-state index >= 15 is 0 Å². The highest BCUT2D eigenvalue weighted by Gasteiger charge is 2.19. The Labute approximate surface area is 158 Å². The fourth-order valence-electron chi connectivity index (χ4n) is 2.46. The van der Waals surface area contributed by atoms with E-state index in [-0.39, 0.29) is 4.90 Å². The molecule has 3 rings (SSSR count). The maximum atomic E-state index is 12.9. The van der Waals surface area contributed by atoms with E-state index in [2.05, 4.69) is 4.99 Å². The zero-order chi connectivity index (χ0) is 18.9. The number of amides is 1. The minimum Gasteiger partial charge on any atom is -0.317 e. The van der Waals surface area contributed by atoms with E-state index in [1.54, 1.807) is 12.1 Å². The third-order valence-corrected chi connectivity index (χ3v) is 6.56. The van der Waals surface area contributed by atoms with Crippen LogP contribution in [0.4, 0.5) is 4.39 Å². The van der Waals surface area contributed by atoms with Gasteiger partial charge in [-0.1, -0.05) is 22.9 Å². The molecule has 3 aromatic rings. The van der Waals surface area contributed by atoms with Gasteiger partial charge in [-0.05, 0) is 49.4 Å². The van der Waals surface area contributed by atoms with Gasteiger partial charge in [0.25, 0.3) is 5.91 Å². The third kappa shape index (κ3) is 3.87. The summed E-state index contributed by atoms with van der Waals surface area (Å²) in [5.74, 6) is -2.11. The topological polar surface area (TPSA) is 68.5 Å². The van der Waals surface area contributed by atoms with Crippen LogP contribution in [-0.4, -0.2) is 24.6 Å². The second-order valence-electron chi connectivity index (χ2n) is 5.46. The SMILES string of the molecule is CCn1c(=NC(=O)CS(=O)(=O)c2ccc(F)cc2)sc2cc(Cl)ccc21. The molecular formula is C17H14ClFN2O3S2. The number of carbonyl (C=O) groups is 1. The molecule has 9 heteroatoms. The number of halogens is 2.